The van der Waals surface area contributed by atoms with E-state index in [0.29, 0.717) is 0 Å². The van der Waals surface area contributed by atoms with Gasteiger partial charge in [-0.1, -0.05) is 6.07 Å². The molecule has 1 aromatic carbocycles. The highest BCUT2D eigenvalue weighted by atomic mass is 127. The quantitative estimate of drug-likeness (QED) is 0.631. The average Bonchev–Trinajstić information content (AvgIpc) is 2.28. The van der Waals surface area contributed by atoms with Crippen LogP contribution in [0.15, 0.2) is 24.3 Å². The lowest BCUT2D eigenvalue weighted by atomic mass is 10.2. The Kier molecular flexibility index (Phi) is 6.87. The molecule has 1 amide bonds. The minimum atomic E-state index is 0.0302. The average molecular weight is 349 g/mol. The van der Waals surface area contributed by atoms with E-state index in [1.165, 1.54) is 5.75 Å². The lowest BCUT2D eigenvalue weighted by Crippen LogP contribution is -2.24. The predicted molar refractivity (Wildman–Crippen MR) is 79.1 cm³/mol. The maximum atomic E-state index is 11.7. The second-order valence-corrected chi connectivity index (χ2v) is 5.70. The minimum absolute atomic E-state index is 0.0302. The molecule has 0 aliphatic rings. The van der Waals surface area contributed by atoms with Crippen molar-refractivity contribution in [2.75, 3.05) is 18.6 Å². The van der Waals surface area contributed by atoms with Gasteiger partial charge in [-0.25, -0.2) is 0 Å². The van der Waals surface area contributed by atoms with Crippen molar-refractivity contribution < 1.29 is 4.79 Å². The lowest BCUT2D eigenvalue weighted by molar-refractivity contribution is 0.0953. The molecular weight excluding hydrogens is 333 g/mol. The fourth-order valence-corrected chi connectivity index (χ4v) is 2.34. The van der Waals surface area contributed by atoms with E-state index in [4.69, 9.17) is 0 Å². The van der Waals surface area contributed by atoms with Crippen molar-refractivity contribution in [2.45, 2.75) is 12.8 Å². The fourth-order valence-electron chi connectivity index (χ4n) is 1.31. The molecule has 0 aliphatic carbocycles. The van der Waals surface area contributed by atoms with Crippen molar-refractivity contribution in [1.29, 1.82) is 0 Å². The number of unbranched alkanes of at least 4 members (excludes halogenated alkanes) is 1. The summed E-state index contributed by atoms with van der Waals surface area (Å²) in [6.07, 6.45) is 4.31. The Bertz CT molecular complexity index is 344. The molecule has 0 aliphatic heterocycles. The van der Waals surface area contributed by atoms with Gasteiger partial charge in [-0.3, -0.25) is 4.79 Å². The predicted octanol–water partition coefficient (Wildman–Crippen LogP) is 3.16. The third-order valence-corrected chi connectivity index (χ3v) is 3.52. The van der Waals surface area contributed by atoms with Crippen molar-refractivity contribution in [1.82, 2.24) is 5.32 Å². The van der Waals surface area contributed by atoms with Crippen LogP contribution in [0.25, 0.3) is 0 Å². The van der Waals surface area contributed by atoms with E-state index in [-0.39, 0.29) is 5.91 Å². The van der Waals surface area contributed by atoms with Crippen LogP contribution >= 0.6 is 34.4 Å². The minimum Gasteiger partial charge on any atom is -0.352 e. The normalized spacial score (nSPS) is 10.1. The molecule has 1 aromatic rings. The maximum Gasteiger partial charge on any atom is 0.251 e. The van der Waals surface area contributed by atoms with Gasteiger partial charge in [-0.15, -0.1) is 0 Å². The van der Waals surface area contributed by atoms with Crippen LogP contribution in [-0.2, 0) is 0 Å². The molecule has 0 spiro atoms. The van der Waals surface area contributed by atoms with Crippen LogP contribution in [0.5, 0.6) is 0 Å². The number of hydrogen-bond acceptors (Lipinski definition) is 2. The van der Waals surface area contributed by atoms with Crippen LogP contribution in [0.3, 0.4) is 0 Å². The summed E-state index contributed by atoms with van der Waals surface area (Å²) in [5.41, 5.74) is 0.747. The molecule has 0 saturated carbocycles. The summed E-state index contributed by atoms with van der Waals surface area (Å²) in [5.74, 6) is 1.20. The standard InChI is InChI=1S/C12H16INOS/c1-16-8-3-2-7-14-12(15)10-5-4-6-11(13)9-10/h4-6,9H,2-3,7-8H2,1H3,(H,14,15). The van der Waals surface area contributed by atoms with Gasteiger partial charge in [-0.05, 0) is 65.6 Å². The molecule has 2 nitrogen and oxygen atoms in total. The summed E-state index contributed by atoms with van der Waals surface area (Å²) in [4.78, 5) is 11.7. The monoisotopic (exact) mass is 349 g/mol. The number of rotatable bonds is 6. The summed E-state index contributed by atoms with van der Waals surface area (Å²) >= 11 is 4.06. The van der Waals surface area contributed by atoms with E-state index in [9.17, 15) is 4.79 Å². The Morgan fingerprint density at radius 3 is 2.94 bits per heavy atom. The number of benzene rings is 1. The molecule has 16 heavy (non-hydrogen) atoms. The van der Waals surface area contributed by atoms with Gasteiger partial charge in [0.15, 0.2) is 0 Å². The van der Waals surface area contributed by atoms with E-state index >= 15 is 0 Å². The number of thioether (sulfide) groups is 1. The van der Waals surface area contributed by atoms with Crippen LogP contribution in [0.4, 0.5) is 0 Å². The molecule has 0 bridgehead atoms. The molecule has 0 saturated heterocycles. The third kappa shape index (κ3) is 5.21. The zero-order valence-electron chi connectivity index (χ0n) is 9.33. The van der Waals surface area contributed by atoms with Gasteiger partial charge in [-0.2, -0.15) is 11.8 Å². The van der Waals surface area contributed by atoms with Crippen LogP contribution < -0.4 is 5.32 Å². The van der Waals surface area contributed by atoms with Crippen molar-refractivity contribution >= 4 is 40.3 Å². The zero-order chi connectivity index (χ0) is 11.8. The molecule has 0 fully saturated rings. The smallest absolute Gasteiger partial charge is 0.251 e. The molecule has 0 aromatic heterocycles. The number of amides is 1. The highest BCUT2D eigenvalue weighted by Crippen LogP contribution is 2.07. The molecule has 0 radical (unpaired) electrons. The molecule has 0 heterocycles. The first-order valence-electron chi connectivity index (χ1n) is 5.26. The highest BCUT2D eigenvalue weighted by Gasteiger charge is 2.03. The summed E-state index contributed by atoms with van der Waals surface area (Å²) in [7, 11) is 0. The van der Waals surface area contributed by atoms with Crippen LogP contribution in [0, 0.1) is 3.57 Å². The Hall–Kier alpha value is -0.230. The molecule has 0 atom stereocenters. The molecule has 1 N–H and O–H groups in total. The first-order valence-corrected chi connectivity index (χ1v) is 7.74. The van der Waals surface area contributed by atoms with Gasteiger partial charge in [0, 0.05) is 15.7 Å². The largest absolute Gasteiger partial charge is 0.352 e. The van der Waals surface area contributed by atoms with Crippen molar-refractivity contribution in [3.8, 4) is 0 Å². The molecule has 4 heteroatoms. The van der Waals surface area contributed by atoms with Gasteiger partial charge in [0.2, 0.25) is 0 Å². The molecule has 1 rings (SSSR count). The molecular formula is C12H16INOS. The van der Waals surface area contributed by atoms with Crippen molar-refractivity contribution in [3.63, 3.8) is 0 Å². The first-order chi connectivity index (χ1) is 7.74. The molecule has 88 valence electrons. The lowest BCUT2D eigenvalue weighted by Gasteiger charge is -2.05. The van der Waals surface area contributed by atoms with Crippen molar-refractivity contribution in [3.05, 3.63) is 33.4 Å². The summed E-state index contributed by atoms with van der Waals surface area (Å²) < 4.78 is 1.09. The topological polar surface area (TPSA) is 29.1 Å². The third-order valence-electron chi connectivity index (χ3n) is 2.15. The number of halogens is 1. The van der Waals surface area contributed by atoms with Gasteiger partial charge < -0.3 is 5.32 Å². The Balaban J connectivity index is 2.30. The second-order valence-electron chi connectivity index (χ2n) is 3.47. The van der Waals surface area contributed by atoms with Crippen molar-refractivity contribution in [2.24, 2.45) is 0 Å². The van der Waals surface area contributed by atoms with Crippen LogP contribution in [0.1, 0.15) is 23.2 Å². The highest BCUT2D eigenvalue weighted by molar-refractivity contribution is 14.1. The molecule has 0 unspecified atom stereocenters. The number of hydrogen-bond donors (Lipinski definition) is 1. The van der Waals surface area contributed by atoms with Crippen LogP contribution in [0.2, 0.25) is 0 Å². The maximum absolute atomic E-state index is 11.7. The second kappa shape index (κ2) is 7.95. The number of nitrogens with one attached hydrogen (secondary N) is 1. The Morgan fingerprint density at radius 1 is 1.44 bits per heavy atom. The van der Waals surface area contributed by atoms with E-state index < -0.39 is 0 Å². The van der Waals surface area contributed by atoms with Gasteiger partial charge in [0.25, 0.3) is 5.91 Å². The van der Waals surface area contributed by atoms with E-state index in [0.717, 1.165) is 28.5 Å². The Labute approximate surface area is 115 Å². The summed E-state index contributed by atoms with van der Waals surface area (Å²) in [6.45, 7) is 0.769. The van der Waals surface area contributed by atoms with E-state index in [1.54, 1.807) is 0 Å². The van der Waals surface area contributed by atoms with Gasteiger partial charge in [0.05, 0.1) is 0 Å². The van der Waals surface area contributed by atoms with Crippen LogP contribution in [-0.4, -0.2) is 24.5 Å². The van der Waals surface area contributed by atoms with Gasteiger partial charge in [0.1, 0.15) is 0 Å². The van der Waals surface area contributed by atoms with E-state index in [2.05, 4.69) is 34.2 Å². The number of carbonyl (C=O) groups excluding carboxylic acids is 1. The number of carbonyl (C=O) groups is 1. The van der Waals surface area contributed by atoms with E-state index in [1.807, 2.05) is 36.0 Å². The zero-order valence-corrected chi connectivity index (χ0v) is 12.3. The fraction of sp³-hybridized carbons (Fsp3) is 0.417. The summed E-state index contributed by atoms with van der Waals surface area (Å²) in [5, 5.41) is 2.93. The SMILES string of the molecule is CSCCCCNC(=O)c1cccc(I)c1. The first kappa shape index (κ1) is 13.8. The van der Waals surface area contributed by atoms with Gasteiger partial charge >= 0.3 is 0 Å². The summed E-state index contributed by atoms with van der Waals surface area (Å²) in [6, 6.07) is 7.64. The Morgan fingerprint density at radius 2 is 2.25 bits per heavy atom.